The number of rotatable bonds is 5. The summed E-state index contributed by atoms with van der Waals surface area (Å²) >= 11 is 0. The molecule has 0 amide bonds. The van der Waals surface area contributed by atoms with Crippen molar-refractivity contribution in [3.8, 4) is 22.8 Å². The summed E-state index contributed by atoms with van der Waals surface area (Å²) in [6, 6.07) is 10.1. The molecule has 0 saturated heterocycles. The van der Waals surface area contributed by atoms with Crippen LogP contribution in [0.5, 0.6) is 11.6 Å². The Morgan fingerprint density at radius 1 is 1.18 bits per heavy atom. The molecule has 11 heteroatoms. The molecule has 1 fully saturated rings. The van der Waals surface area contributed by atoms with Gasteiger partial charge in [0.25, 0.3) is 5.92 Å². The summed E-state index contributed by atoms with van der Waals surface area (Å²) in [7, 11) is -2.52. The Hall–Kier alpha value is -3.47. The molecular formula is C22H21F2N5O3S. The highest BCUT2D eigenvalue weighted by Gasteiger charge is 2.59. The maximum absolute atomic E-state index is 13.5. The summed E-state index contributed by atoms with van der Waals surface area (Å²) in [4.78, 5) is 8.32. The lowest BCUT2D eigenvalue weighted by Crippen LogP contribution is -2.37. The summed E-state index contributed by atoms with van der Waals surface area (Å²) in [5, 5.41) is 0. The molecule has 2 N–H and O–H groups in total. The number of nitrogens with zero attached hydrogens (tertiary/aromatic N) is 4. The number of hydrogen-bond donors (Lipinski definition) is 1. The molecule has 1 saturated carbocycles. The smallest absolute Gasteiger partial charge is 0.326 e. The number of aryl methyl sites for hydroxylation is 1. The number of aromatic nitrogens is 2. The van der Waals surface area contributed by atoms with Crippen LogP contribution in [0.15, 0.2) is 48.8 Å². The van der Waals surface area contributed by atoms with Crippen molar-refractivity contribution in [3.63, 3.8) is 0 Å². The van der Waals surface area contributed by atoms with Gasteiger partial charge < -0.3 is 10.5 Å². The Balaban J connectivity index is 1.49. The molecule has 2 aliphatic rings. The number of hydrogen-bond acceptors (Lipinski definition) is 6. The van der Waals surface area contributed by atoms with Crippen LogP contribution in [0.1, 0.15) is 12.1 Å². The van der Waals surface area contributed by atoms with Crippen molar-refractivity contribution in [3.05, 3.63) is 54.5 Å². The van der Waals surface area contributed by atoms with Crippen molar-refractivity contribution in [2.24, 2.45) is 5.92 Å². The van der Waals surface area contributed by atoms with Crippen LogP contribution in [0.2, 0.25) is 0 Å². The monoisotopic (exact) mass is 473 g/mol. The van der Waals surface area contributed by atoms with Crippen molar-refractivity contribution in [1.29, 1.82) is 0 Å². The second-order valence-electron chi connectivity index (χ2n) is 8.22. The van der Waals surface area contributed by atoms with Crippen LogP contribution in [0, 0.1) is 12.8 Å². The average molecular weight is 474 g/mol. The van der Waals surface area contributed by atoms with Gasteiger partial charge in [-0.15, -0.1) is 0 Å². The van der Waals surface area contributed by atoms with Crippen LogP contribution in [-0.4, -0.2) is 37.9 Å². The molecule has 0 spiro atoms. The lowest BCUT2D eigenvalue weighted by molar-refractivity contribution is 0.101. The molecule has 1 atom stereocenters. The molecule has 0 radical (unpaired) electrons. The fourth-order valence-electron chi connectivity index (χ4n) is 3.87. The van der Waals surface area contributed by atoms with Gasteiger partial charge in [0.05, 0.1) is 23.3 Å². The summed E-state index contributed by atoms with van der Waals surface area (Å²) in [5.41, 5.74) is 9.42. The van der Waals surface area contributed by atoms with E-state index >= 15 is 0 Å². The van der Waals surface area contributed by atoms with Crippen molar-refractivity contribution in [2.45, 2.75) is 19.3 Å². The SMILES string of the molecule is Cc1cncc(Oc2ccc(N)c(-c3ccc4c(c3)N(C)S(=O)(=O)N4CC3CC3(F)F)c2)n1. The minimum atomic E-state index is -3.93. The first kappa shape index (κ1) is 21.4. The molecule has 1 aliphatic carbocycles. The van der Waals surface area contributed by atoms with E-state index < -0.39 is 22.0 Å². The van der Waals surface area contributed by atoms with Crippen molar-refractivity contribution >= 4 is 27.3 Å². The van der Waals surface area contributed by atoms with E-state index in [1.807, 2.05) is 0 Å². The molecule has 1 aromatic heterocycles. The molecular weight excluding hydrogens is 452 g/mol. The molecule has 3 aromatic rings. The molecule has 33 heavy (non-hydrogen) atoms. The number of alkyl halides is 2. The minimum absolute atomic E-state index is 0.255. The van der Waals surface area contributed by atoms with Gasteiger partial charge in [-0.05, 0) is 42.8 Å². The van der Waals surface area contributed by atoms with E-state index in [2.05, 4.69) is 9.97 Å². The Bertz CT molecular complexity index is 1370. The highest BCUT2D eigenvalue weighted by molar-refractivity contribution is 7.94. The van der Waals surface area contributed by atoms with E-state index in [-0.39, 0.29) is 13.0 Å². The second kappa shape index (κ2) is 7.27. The predicted molar refractivity (Wildman–Crippen MR) is 121 cm³/mol. The van der Waals surface area contributed by atoms with Crippen LogP contribution in [0.25, 0.3) is 11.1 Å². The van der Waals surface area contributed by atoms with Gasteiger partial charge in [0, 0.05) is 43.4 Å². The third-order valence-corrected chi connectivity index (χ3v) is 7.63. The molecule has 172 valence electrons. The van der Waals surface area contributed by atoms with Crippen LogP contribution in [-0.2, 0) is 10.2 Å². The lowest BCUT2D eigenvalue weighted by atomic mass is 10.0. The van der Waals surface area contributed by atoms with Crippen molar-refractivity contribution in [1.82, 2.24) is 9.97 Å². The fraction of sp³-hybridized carbons (Fsp3) is 0.273. The topological polar surface area (TPSA) is 102 Å². The number of nitrogen functional groups attached to an aromatic ring is 1. The lowest BCUT2D eigenvalue weighted by Gasteiger charge is -2.18. The number of benzene rings is 2. The van der Waals surface area contributed by atoms with Gasteiger partial charge in [0.2, 0.25) is 5.88 Å². The first-order chi connectivity index (χ1) is 15.6. The first-order valence-electron chi connectivity index (χ1n) is 10.2. The Kier molecular flexibility index (Phi) is 4.71. The summed E-state index contributed by atoms with van der Waals surface area (Å²) in [5.74, 6) is -2.97. The van der Waals surface area contributed by atoms with Gasteiger partial charge in [-0.25, -0.2) is 13.8 Å². The van der Waals surface area contributed by atoms with E-state index in [4.69, 9.17) is 10.5 Å². The summed E-state index contributed by atoms with van der Waals surface area (Å²) in [6.45, 7) is 1.55. The van der Waals surface area contributed by atoms with Crippen molar-refractivity contribution < 1.29 is 21.9 Å². The van der Waals surface area contributed by atoms with Crippen LogP contribution in [0.4, 0.5) is 25.8 Å². The number of fused-ring (bicyclic) bond motifs is 1. The van der Waals surface area contributed by atoms with E-state index in [0.29, 0.717) is 45.5 Å². The van der Waals surface area contributed by atoms with Crippen molar-refractivity contribution in [2.75, 3.05) is 27.9 Å². The second-order valence-corrected chi connectivity index (χ2v) is 10.1. The predicted octanol–water partition coefficient (Wildman–Crippen LogP) is 3.98. The quantitative estimate of drug-likeness (QED) is 0.563. The number of nitrogens with two attached hydrogens (primary N) is 1. The maximum atomic E-state index is 13.5. The zero-order valence-corrected chi connectivity index (χ0v) is 18.7. The zero-order chi connectivity index (χ0) is 23.5. The normalized spacial score (nSPS) is 19.9. The van der Waals surface area contributed by atoms with Gasteiger partial charge >= 0.3 is 10.2 Å². The summed E-state index contributed by atoms with van der Waals surface area (Å²) < 4.78 is 60.6. The average Bonchev–Trinajstić information content (AvgIpc) is 3.32. The van der Waals surface area contributed by atoms with E-state index in [9.17, 15) is 17.2 Å². The molecule has 2 heterocycles. The van der Waals surface area contributed by atoms with Gasteiger partial charge in [-0.3, -0.25) is 13.6 Å². The van der Waals surface area contributed by atoms with Crippen LogP contribution in [0.3, 0.4) is 0 Å². The summed E-state index contributed by atoms with van der Waals surface area (Å²) in [6.07, 6.45) is 2.81. The number of anilines is 3. The third kappa shape index (κ3) is 3.71. The molecule has 8 nitrogen and oxygen atoms in total. The van der Waals surface area contributed by atoms with Gasteiger partial charge in [0.1, 0.15) is 5.75 Å². The Morgan fingerprint density at radius 2 is 1.94 bits per heavy atom. The molecule has 2 aromatic carbocycles. The standard InChI is InChI=1S/C22H21F2N5O3S/c1-13-10-26-11-21(27-13)32-16-4-5-18(25)17(8-16)14-3-6-19-20(7-14)28(2)33(30,31)29(19)12-15-9-22(15,23)24/h3-8,10-11,15H,9,12,25H2,1-2H3. The third-order valence-electron chi connectivity index (χ3n) is 5.84. The van der Waals surface area contributed by atoms with E-state index in [1.54, 1.807) is 49.5 Å². The molecule has 5 rings (SSSR count). The Labute approximate surface area is 189 Å². The first-order valence-corrected chi connectivity index (χ1v) is 11.6. The van der Waals surface area contributed by atoms with Crippen LogP contribution >= 0.6 is 0 Å². The van der Waals surface area contributed by atoms with Gasteiger partial charge in [-0.2, -0.15) is 8.42 Å². The maximum Gasteiger partial charge on any atom is 0.326 e. The number of ether oxygens (including phenoxy) is 1. The van der Waals surface area contributed by atoms with E-state index in [0.717, 1.165) is 8.61 Å². The van der Waals surface area contributed by atoms with Gasteiger partial charge in [0.15, 0.2) is 0 Å². The largest absolute Gasteiger partial charge is 0.437 e. The molecule has 1 aliphatic heterocycles. The zero-order valence-electron chi connectivity index (χ0n) is 17.9. The fourth-order valence-corrected chi connectivity index (χ4v) is 5.33. The van der Waals surface area contributed by atoms with E-state index in [1.165, 1.54) is 13.2 Å². The van der Waals surface area contributed by atoms with Gasteiger partial charge in [-0.1, -0.05) is 6.07 Å². The number of halogens is 2. The highest BCUT2D eigenvalue weighted by Crippen LogP contribution is 2.52. The molecule has 1 unspecified atom stereocenters. The molecule has 0 bridgehead atoms. The van der Waals surface area contributed by atoms with Crippen LogP contribution < -0.4 is 19.1 Å². The minimum Gasteiger partial charge on any atom is -0.437 e. The Morgan fingerprint density at radius 3 is 2.64 bits per heavy atom. The highest BCUT2D eigenvalue weighted by atomic mass is 32.2.